The number of imidazole rings is 1. The Bertz CT molecular complexity index is 691. The average molecular weight is 373 g/mol. The molecule has 0 bridgehead atoms. The van der Waals surface area contributed by atoms with Crippen LogP contribution in [-0.4, -0.2) is 26.7 Å². The number of nitrogen functional groups attached to an aromatic ring is 1. The van der Waals surface area contributed by atoms with Crippen LogP contribution in [0.1, 0.15) is 0 Å². The molecule has 3 rings (SSSR count). The smallest absolute Gasteiger partial charge is 0.236 e. The molecule has 3 aromatic heterocycles. The first-order valence-electron chi connectivity index (χ1n) is 4.99. The highest BCUT2D eigenvalue weighted by molar-refractivity contribution is 14.1. The summed E-state index contributed by atoms with van der Waals surface area (Å²) >= 11 is 3.65. The average Bonchev–Trinajstić information content (AvgIpc) is 2.85. The molecule has 0 saturated heterocycles. The summed E-state index contributed by atoms with van der Waals surface area (Å²) in [4.78, 5) is 9.33. The van der Waals surface area contributed by atoms with Crippen LogP contribution in [0.2, 0.25) is 0 Å². The Morgan fingerprint density at radius 2 is 2.33 bits per heavy atom. The molecule has 0 saturated carbocycles. The van der Waals surface area contributed by atoms with E-state index in [2.05, 4.69) is 37.7 Å². The molecule has 0 atom stereocenters. The molecule has 18 heavy (non-hydrogen) atoms. The second-order valence-corrected chi connectivity index (χ2v) is 5.58. The lowest BCUT2D eigenvalue weighted by molar-refractivity contribution is 0.400. The monoisotopic (exact) mass is 373 g/mol. The summed E-state index contributed by atoms with van der Waals surface area (Å²) in [5.41, 5.74) is 7.19. The van der Waals surface area contributed by atoms with Crippen molar-refractivity contribution in [2.45, 2.75) is 0 Å². The molecule has 0 radical (unpaired) electrons. The molecule has 0 unspecified atom stereocenters. The van der Waals surface area contributed by atoms with Crippen molar-refractivity contribution < 1.29 is 4.74 Å². The molecule has 3 aromatic rings. The molecule has 0 spiro atoms. The quantitative estimate of drug-likeness (QED) is 0.696. The van der Waals surface area contributed by atoms with E-state index < -0.39 is 0 Å². The summed E-state index contributed by atoms with van der Waals surface area (Å²) < 4.78 is 7.70. The lowest BCUT2D eigenvalue weighted by atomic mass is 10.3. The van der Waals surface area contributed by atoms with Crippen molar-refractivity contribution in [1.82, 2.24) is 19.6 Å². The molecule has 0 amide bonds. The molecule has 0 aliphatic rings. The van der Waals surface area contributed by atoms with E-state index in [-0.39, 0.29) is 0 Å². The molecule has 8 heteroatoms. The minimum absolute atomic E-state index is 0.426. The highest BCUT2D eigenvalue weighted by Crippen LogP contribution is 2.29. The second-order valence-electron chi connectivity index (χ2n) is 3.52. The number of nitrogens with two attached hydrogens (primary N) is 1. The highest BCUT2D eigenvalue weighted by Gasteiger charge is 2.11. The van der Waals surface area contributed by atoms with Gasteiger partial charge in [0, 0.05) is 11.8 Å². The summed E-state index contributed by atoms with van der Waals surface area (Å²) in [5, 5.41) is 5.26. The lowest BCUT2D eigenvalue weighted by Crippen LogP contribution is -1.95. The number of hydrogen-bond acceptors (Lipinski definition) is 6. The third-order valence-corrected chi connectivity index (χ3v) is 3.82. The Kier molecular flexibility index (Phi) is 2.82. The first-order chi connectivity index (χ1) is 8.67. The van der Waals surface area contributed by atoms with Crippen LogP contribution < -0.4 is 10.5 Å². The fourth-order valence-electron chi connectivity index (χ4n) is 1.55. The molecule has 2 N–H and O–H groups in total. The first kappa shape index (κ1) is 11.7. The van der Waals surface area contributed by atoms with Crippen molar-refractivity contribution in [3.8, 4) is 16.5 Å². The zero-order valence-electron chi connectivity index (χ0n) is 9.29. The molecule has 0 aliphatic carbocycles. The van der Waals surface area contributed by atoms with Crippen LogP contribution in [-0.2, 0) is 0 Å². The van der Waals surface area contributed by atoms with Gasteiger partial charge >= 0.3 is 0 Å². The molecule has 92 valence electrons. The van der Waals surface area contributed by atoms with Gasteiger partial charge in [-0.3, -0.25) is 0 Å². The van der Waals surface area contributed by atoms with Crippen molar-refractivity contribution in [3.63, 3.8) is 0 Å². The Morgan fingerprint density at radius 1 is 1.50 bits per heavy atom. The van der Waals surface area contributed by atoms with E-state index in [9.17, 15) is 0 Å². The van der Waals surface area contributed by atoms with Crippen LogP contribution in [0.5, 0.6) is 5.88 Å². The van der Waals surface area contributed by atoms with Gasteiger partial charge in [0.15, 0.2) is 0 Å². The Labute approximate surface area is 120 Å². The summed E-state index contributed by atoms with van der Waals surface area (Å²) in [5.74, 6) is 0.426. The summed E-state index contributed by atoms with van der Waals surface area (Å²) in [6.45, 7) is 0. The van der Waals surface area contributed by atoms with Gasteiger partial charge in [-0.05, 0) is 28.7 Å². The van der Waals surface area contributed by atoms with Gasteiger partial charge < -0.3 is 10.5 Å². The first-order valence-corrected chi connectivity index (χ1v) is 6.88. The van der Waals surface area contributed by atoms with Crippen LogP contribution in [0.15, 0.2) is 18.5 Å². The summed E-state index contributed by atoms with van der Waals surface area (Å²) in [6, 6.07) is 1.80. The summed E-state index contributed by atoms with van der Waals surface area (Å²) in [7, 11) is 1.54. The molecule has 0 aromatic carbocycles. The maximum atomic E-state index is 5.83. The molecular weight excluding hydrogens is 365 g/mol. The van der Waals surface area contributed by atoms with Crippen LogP contribution in [0.4, 0.5) is 5.69 Å². The summed E-state index contributed by atoms with van der Waals surface area (Å²) in [6.07, 6.45) is 3.56. The third-order valence-electron chi connectivity index (χ3n) is 2.33. The van der Waals surface area contributed by atoms with E-state index >= 15 is 0 Å². The van der Waals surface area contributed by atoms with Gasteiger partial charge in [-0.2, -0.15) is 5.10 Å². The third kappa shape index (κ3) is 1.90. The number of halogens is 1. The Morgan fingerprint density at radius 3 is 3.00 bits per heavy atom. The zero-order valence-corrected chi connectivity index (χ0v) is 12.3. The van der Waals surface area contributed by atoms with E-state index in [0.717, 1.165) is 19.2 Å². The van der Waals surface area contributed by atoms with Gasteiger partial charge in [0.2, 0.25) is 10.8 Å². The predicted molar refractivity (Wildman–Crippen MR) is 77.8 cm³/mol. The lowest BCUT2D eigenvalue weighted by Gasteiger charge is -2.03. The minimum atomic E-state index is 0.426. The zero-order chi connectivity index (χ0) is 12.7. The number of hydrogen-bond donors (Lipinski definition) is 1. The van der Waals surface area contributed by atoms with Gasteiger partial charge in [0.25, 0.3) is 0 Å². The number of pyridine rings is 1. The van der Waals surface area contributed by atoms with Crippen molar-refractivity contribution in [1.29, 1.82) is 0 Å². The van der Waals surface area contributed by atoms with Crippen molar-refractivity contribution in [3.05, 3.63) is 22.2 Å². The van der Waals surface area contributed by atoms with E-state index in [1.54, 1.807) is 16.8 Å². The number of anilines is 1. The highest BCUT2D eigenvalue weighted by atomic mass is 127. The maximum absolute atomic E-state index is 5.83. The number of ether oxygens (including phenoxy) is 1. The SMILES string of the molecule is COc1ncc(-c2nn3cc(I)nc3s2)cc1N. The predicted octanol–water partition coefficient (Wildman–Crippen LogP) is 2.05. The largest absolute Gasteiger partial charge is 0.480 e. The van der Waals surface area contributed by atoms with Gasteiger partial charge in [-0.1, -0.05) is 11.3 Å². The maximum Gasteiger partial charge on any atom is 0.236 e. The number of methoxy groups -OCH3 is 1. The van der Waals surface area contributed by atoms with E-state index in [0.29, 0.717) is 11.6 Å². The fraction of sp³-hybridized carbons (Fsp3) is 0.100. The van der Waals surface area contributed by atoms with E-state index in [4.69, 9.17) is 10.5 Å². The van der Waals surface area contributed by atoms with E-state index in [1.807, 2.05) is 6.20 Å². The fourth-order valence-corrected chi connectivity index (χ4v) is 3.07. The Balaban J connectivity index is 2.08. The molecule has 6 nitrogen and oxygen atoms in total. The number of nitrogens with zero attached hydrogens (tertiary/aromatic N) is 4. The van der Waals surface area contributed by atoms with Crippen LogP contribution >= 0.6 is 33.9 Å². The molecule has 0 aliphatic heterocycles. The number of aromatic nitrogens is 4. The van der Waals surface area contributed by atoms with E-state index in [1.165, 1.54) is 18.4 Å². The second kappa shape index (κ2) is 4.35. The Hall–Kier alpha value is -1.42. The van der Waals surface area contributed by atoms with Crippen molar-refractivity contribution in [2.24, 2.45) is 0 Å². The number of rotatable bonds is 2. The molecule has 3 heterocycles. The van der Waals surface area contributed by atoms with Crippen LogP contribution in [0, 0.1) is 3.70 Å². The molecular formula is C10H8IN5OS. The van der Waals surface area contributed by atoms with Gasteiger partial charge in [-0.15, -0.1) is 0 Å². The van der Waals surface area contributed by atoms with Crippen molar-refractivity contribution >= 4 is 44.6 Å². The number of fused-ring (bicyclic) bond motifs is 1. The van der Waals surface area contributed by atoms with Crippen LogP contribution in [0.3, 0.4) is 0 Å². The van der Waals surface area contributed by atoms with Crippen molar-refractivity contribution in [2.75, 3.05) is 12.8 Å². The minimum Gasteiger partial charge on any atom is -0.480 e. The van der Waals surface area contributed by atoms with Gasteiger partial charge in [-0.25, -0.2) is 14.5 Å². The molecule has 0 fully saturated rings. The van der Waals surface area contributed by atoms with Crippen LogP contribution in [0.25, 0.3) is 15.5 Å². The topological polar surface area (TPSA) is 78.3 Å². The van der Waals surface area contributed by atoms with Gasteiger partial charge in [0.1, 0.15) is 8.71 Å². The standard InChI is InChI=1S/C10H8IN5OS/c1-17-8-6(12)2-5(3-13-8)9-15-16-4-7(11)14-10(16)18-9/h2-4H,12H2,1H3. The van der Waals surface area contributed by atoms with Gasteiger partial charge in [0.05, 0.1) is 19.0 Å². The normalized spacial score (nSPS) is 11.0.